The molecule has 0 aliphatic rings. The molecule has 0 amide bonds. The molecular weight excluding hydrogens is 975 g/mol. The van der Waals surface area contributed by atoms with Crippen molar-refractivity contribution < 1.29 is 0 Å². The lowest BCUT2D eigenvalue weighted by Gasteiger charge is -2.01. The molecule has 6 aromatic carbocycles. The van der Waals surface area contributed by atoms with Crippen LogP contribution in [-0.4, -0.2) is 34.9 Å². The van der Waals surface area contributed by atoms with E-state index in [4.69, 9.17) is 0 Å². The predicted molar refractivity (Wildman–Crippen MR) is 375 cm³/mol. The minimum Gasteiger partial charge on any atom is -0.256 e. The number of hydrogen-bond acceptors (Lipinski definition) is 7. The number of nitrogens with zero attached hydrogens (tertiary/aromatic N) is 7. The zero-order valence-electron chi connectivity index (χ0n) is 41.0. The lowest BCUT2D eigenvalue weighted by atomic mass is 10.1. The summed E-state index contributed by atoms with van der Waals surface area (Å²) in [6.07, 6.45) is 17.6. The highest BCUT2D eigenvalue weighted by Gasteiger charge is 2.03. The second-order valence-electron chi connectivity index (χ2n) is 15.9. The highest BCUT2D eigenvalue weighted by Crippen LogP contribution is 2.25. The molecule has 12 rings (SSSR count). The van der Waals surface area contributed by atoms with Gasteiger partial charge in [0.25, 0.3) is 0 Å². The van der Waals surface area contributed by atoms with Gasteiger partial charge in [-0.25, -0.2) is 9.97 Å². The van der Waals surface area contributed by atoms with E-state index in [1.807, 2.05) is 85.5 Å². The Balaban J connectivity index is -0.000000129. The molecule has 0 radical (unpaired) electrons. The summed E-state index contributed by atoms with van der Waals surface area (Å²) >= 11 is 0. The number of fused-ring (bicyclic) bond motifs is 12. The van der Waals surface area contributed by atoms with Crippen molar-refractivity contribution in [3.63, 3.8) is 0 Å². The molecule has 7 nitrogen and oxygen atoms in total. The maximum atomic E-state index is 4.41. The van der Waals surface area contributed by atoms with Crippen molar-refractivity contribution in [1.29, 1.82) is 0 Å². The van der Waals surface area contributed by atoms with Crippen LogP contribution in [-0.2, 0) is 0 Å². The van der Waals surface area contributed by atoms with Gasteiger partial charge in [0.15, 0.2) is 0 Å². The summed E-state index contributed by atoms with van der Waals surface area (Å²) in [7, 11) is 0. The van der Waals surface area contributed by atoms with Gasteiger partial charge in [0, 0.05) is 80.3 Å². The zero-order chi connectivity index (χ0) is 48.4. The van der Waals surface area contributed by atoms with Gasteiger partial charge in [-0.1, -0.05) is 285 Å². The number of aromatic nitrogens is 7. The summed E-state index contributed by atoms with van der Waals surface area (Å²) in [5.41, 5.74) is 6.07. The van der Waals surface area contributed by atoms with E-state index in [0.29, 0.717) is 0 Å². The van der Waals surface area contributed by atoms with Gasteiger partial charge in [0.05, 0.1) is 33.1 Å². The normalized spacial score (nSPS) is 8.50. The summed E-state index contributed by atoms with van der Waals surface area (Å²) in [4.78, 5) is 30.1. The Morgan fingerprint density at radius 3 is 1.06 bits per heavy atom. The lowest BCUT2D eigenvalue weighted by Crippen LogP contribution is -1.83. The first-order chi connectivity index (χ1) is 33.5. The number of hydrogen-bond donors (Lipinski definition) is 0. The third-order valence-electron chi connectivity index (χ3n) is 9.59. The van der Waals surface area contributed by atoms with Gasteiger partial charge in [-0.05, 0) is 53.2 Å². The van der Waals surface area contributed by atoms with Crippen LogP contribution in [0.25, 0.3) is 87.0 Å². The van der Waals surface area contributed by atoms with E-state index in [0.717, 1.165) is 60.0 Å². The largest absolute Gasteiger partial charge is 0.256 e. The van der Waals surface area contributed by atoms with Crippen LogP contribution in [0.15, 0.2) is 201 Å². The Kier molecular flexibility index (Phi) is 55.0. The fourth-order valence-corrected chi connectivity index (χ4v) is 6.91. The van der Waals surface area contributed by atoms with E-state index in [1.54, 1.807) is 18.7 Å². The molecule has 0 fully saturated rings. The van der Waals surface area contributed by atoms with Crippen molar-refractivity contribution in [3.8, 4) is 0 Å². The molecule has 440 valence electrons. The highest BCUT2D eigenvalue weighted by molar-refractivity contribution is 6.06. The van der Waals surface area contributed by atoms with Crippen LogP contribution in [0, 0.1) is 0 Å². The fraction of sp³-hybridized carbons (Fsp3) is 0.329. The van der Waals surface area contributed by atoms with Crippen LogP contribution in [0.1, 0.15) is 170 Å². The minimum atomic E-state index is 0. The van der Waals surface area contributed by atoms with Gasteiger partial charge in [-0.2, -0.15) is 0 Å². The number of rotatable bonds is 0. The van der Waals surface area contributed by atoms with Gasteiger partial charge in [0.2, 0.25) is 0 Å². The van der Waals surface area contributed by atoms with Gasteiger partial charge >= 0.3 is 0 Å². The van der Waals surface area contributed by atoms with Crippen LogP contribution in [0.2, 0.25) is 0 Å². The molecule has 0 bridgehead atoms. The van der Waals surface area contributed by atoms with Crippen LogP contribution in [0.3, 0.4) is 0 Å². The summed E-state index contributed by atoms with van der Waals surface area (Å²) in [6.45, 7) is 17.0. The zero-order valence-corrected chi connectivity index (χ0v) is 41.0. The van der Waals surface area contributed by atoms with Crippen molar-refractivity contribution in [2.45, 2.75) is 170 Å². The fourth-order valence-electron chi connectivity index (χ4n) is 6.91. The monoisotopic (exact) mass is 1090 g/mol. The van der Waals surface area contributed by atoms with E-state index in [1.165, 1.54) is 52.6 Å². The molecule has 0 unspecified atom stereocenters. The molecule has 6 aromatic heterocycles. The molecular formula is C73H113N7. The van der Waals surface area contributed by atoms with Crippen molar-refractivity contribution in [1.82, 2.24) is 34.9 Å². The molecule has 0 saturated carbocycles. The maximum Gasteiger partial charge on any atom is 0.116 e. The summed E-state index contributed by atoms with van der Waals surface area (Å²) in [6, 6.07) is 53.2. The van der Waals surface area contributed by atoms with Crippen LogP contribution < -0.4 is 0 Å². The smallest absolute Gasteiger partial charge is 0.116 e. The molecule has 6 heterocycles. The van der Waals surface area contributed by atoms with Crippen molar-refractivity contribution >= 4 is 87.0 Å². The number of benzene rings is 6. The Bertz CT molecular complexity index is 2700. The van der Waals surface area contributed by atoms with E-state index in [-0.39, 0.29) is 89.1 Å². The molecule has 0 saturated heterocycles. The van der Waals surface area contributed by atoms with Crippen molar-refractivity contribution in [2.75, 3.05) is 0 Å². The third kappa shape index (κ3) is 24.9. The first-order valence-electron chi connectivity index (χ1n) is 23.9. The molecule has 0 spiro atoms. The number of pyridine rings is 5. The molecule has 0 atom stereocenters. The lowest BCUT2D eigenvalue weighted by molar-refractivity contribution is 1.09. The Morgan fingerprint density at radius 1 is 0.237 bits per heavy atom. The molecule has 0 aliphatic carbocycles. The van der Waals surface area contributed by atoms with Crippen LogP contribution in [0.4, 0.5) is 0 Å². The Labute approximate surface area is 490 Å². The second-order valence-corrected chi connectivity index (χ2v) is 15.9. The summed E-state index contributed by atoms with van der Waals surface area (Å²) in [5.74, 6) is 0. The second kappa shape index (κ2) is 49.5. The van der Waals surface area contributed by atoms with E-state index >= 15 is 0 Å². The molecule has 0 aliphatic heterocycles. The molecule has 80 heavy (non-hydrogen) atoms. The topological polar surface area (TPSA) is 90.2 Å². The van der Waals surface area contributed by atoms with Crippen molar-refractivity contribution in [2.24, 2.45) is 0 Å². The SMILES string of the molecule is C.C.C.C.C.C.C.C.C.C.C.C.CCC.CCC.CCC.CCC.c1ccc2c(c1)ccc1cccnc12.c1ccc2c(c1)ccc1cncnc12.c1ccc2c(c1)cnc1cccnc12.c1cnc2c(c1)ccc1ncccc12. The molecule has 0 N–H and O–H groups in total. The van der Waals surface area contributed by atoms with Crippen LogP contribution in [0.5, 0.6) is 0 Å². The highest BCUT2D eigenvalue weighted by atomic mass is 14.8. The average Bonchev–Trinajstić information content (AvgIpc) is 3.40. The first kappa shape index (κ1) is 88.8. The Morgan fingerprint density at radius 2 is 0.562 bits per heavy atom. The standard InChI is InChI=1S/C13H9N.3C12H8N2.4C3H8.12CH4/c1-2-6-12-10(4-1)7-8-11-5-3-9-14-13(11)12;1-3-9-5-6-11-10(4-2-7-13-11)12(9)14-8-1;1-2-5-10-9(4-1)8-14-11-6-3-7-13-12(10)11;1-2-4-11-9(3-1)5-6-10-7-13-8-14-12(10)11;4*1-3-2;;;;;;;;;;;;/h1-9H;3*1-8H;4*3H2,1-2H3;12*1H4. The van der Waals surface area contributed by atoms with E-state index in [9.17, 15) is 0 Å². The maximum absolute atomic E-state index is 4.41. The predicted octanol–water partition coefficient (Wildman–Crippen LogP) is 25.0. The van der Waals surface area contributed by atoms with Gasteiger partial charge in [0.1, 0.15) is 6.33 Å². The Hall–Kier alpha value is -7.77. The summed E-state index contributed by atoms with van der Waals surface area (Å²) in [5, 5.41) is 11.8. The molecule has 12 aromatic rings. The van der Waals surface area contributed by atoms with Gasteiger partial charge in [-0.3, -0.25) is 24.9 Å². The van der Waals surface area contributed by atoms with Gasteiger partial charge < -0.3 is 0 Å². The first-order valence-corrected chi connectivity index (χ1v) is 23.9. The van der Waals surface area contributed by atoms with E-state index in [2.05, 4.69) is 187 Å². The van der Waals surface area contributed by atoms with E-state index < -0.39 is 0 Å². The minimum absolute atomic E-state index is 0. The summed E-state index contributed by atoms with van der Waals surface area (Å²) < 4.78 is 0. The van der Waals surface area contributed by atoms with Gasteiger partial charge in [-0.15, -0.1) is 0 Å². The van der Waals surface area contributed by atoms with Crippen molar-refractivity contribution in [3.05, 3.63) is 201 Å². The molecule has 7 heteroatoms. The quantitative estimate of drug-likeness (QED) is 0.140. The third-order valence-corrected chi connectivity index (χ3v) is 9.59. The van der Waals surface area contributed by atoms with Crippen LogP contribution >= 0.6 is 0 Å². The average molecular weight is 1090 g/mol.